The van der Waals surface area contributed by atoms with Crippen LogP contribution in [0.4, 0.5) is 0 Å². The molecule has 0 aromatic heterocycles. The summed E-state index contributed by atoms with van der Waals surface area (Å²) in [4.78, 5) is 61.7. The fourth-order valence-electron chi connectivity index (χ4n) is 5.00. The number of hydrogen-bond donors (Lipinski definition) is 10. The number of hydrogen-bond acceptors (Lipinski definition) is 8. The molecular weight excluding hydrogens is 652 g/mol. The van der Waals surface area contributed by atoms with Crippen LogP contribution in [0.25, 0.3) is 0 Å². The van der Waals surface area contributed by atoms with Gasteiger partial charge in [0.05, 0.1) is 6.42 Å². The maximum absolute atomic E-state index is 13.7. The highest BCUT2D eigenvalue weighted by molar-refractivity contribution is 5.96. The molecule has 0 saturated heterocycles. The van der Waals surface area contributed by atoms with Crippen LogP contribution in [0, 0.1) is 11.3 Å². The fourth-order valence-corrected chi connectivity index (χ4v) is 5.00. The Bertz CT molecular complexity index is 1520. The standard InChI is InChI=1S/C35H54N12O4/c1-21(2)30(47-32(50)28(7-5-17-43-35(40)41)45-29(48)18-23-8-10-24(19-36)11-9-23)33(51)46-27(6-4-16-42-34(38)39)31(49)44-20-25-12-14-26(15-13-25)22(3)37/h8-15,21,27-28,30,37H,4-7,16-20,36H2,1-3H3,(H,44,49)(H,45,48)(H,46,51)(H,47,50)(H4,38,39,42)(H4,40,41,43)/t27-,28-,30?/m0/s1. The fraction of sp³-hybridized carbons (Fsp3) is 0.457. The van der Waals surface area contributed by atoms with Gasteiger partial charge >= 0.3 is 0 Å². The first-order chi connectivity index (χ1) is 24.2. The summed E-state index contributed by atoms with van der Waals surface area (Å²) in [5.74, 6) is -2.52. The second kappa shape index (κ2) is 21.5. The normalized spacial score (nSPS) is 12.5. The average Bonchev–Trinajstić information content (AvgIpc) is 3.08. The second-order valence-electron chi connectivity index (χ2n) is 12.5. The second-order valence-corrected chi connectivity index (χ2v) is 12.5. The van der Waals surface area contributed by atoms with Crippen LogP contribution in [0.15, 0.2) is 58.5 Å². The molecule has 2 aromatic rings. The van der Waals surface area contributed by atoms with Gasteiger partial charge in [0.1, 0.15) is 18.1 Å². The maximum atomic E-state index is 13.7. The SMILES string of the molecule is CC(=N)c1ccc(CNC(=O)[C@H](CCCN=C(N)N)NC(=O)C(NC(=O)[C@H](CCCN=C(N)N)NC(=O)Cc2ccc(CN)cc2)C(C)C)cc1. The van der Waals surface area contributed by atoms with Crippen molar-refractivity contribution in [3.05, 3.63) is 70.8 Å². The van der Waals surface area contributed by atoms with E-state index < -0.39 is 35.8 Å². The number of amides is 4. The summed E-state index contributed by atoms with van der Waals surface area (Å²) >= 11 is 0. The highest BCUT2D eigenvalue weighted by Gasteiger charge is 2.31. The first-order valence-electron chi connectivity index (χ1n) is 16.9. The van der Waals surface area contributed by atoms with E-state index in [-0.39, 0.29) is 62.6 Å². The minimum Gasteiger partial charge on any atom is -0.370 e. The Kier molecular flexibility index (Phi) is 17.6. The zero-order valence-electron chi connectivity index (χ0n) is 29.7. The van der Waals surface area contributed by atoms with Crippen LogP contribution in [0.3, 0.4) is 0 Å². The van der Waals surface area contributed by atoms with Gasteiger partial charge in [-0.1, -0.05) is 62.4 Å². The molecule has 2 rings (SSSR count). The van der Waals surface area contributed by atoms with Crippen LogP contribution in [0.1, 0.15) is 68.7 Å². The smallest absolute Gasteiger partial charge is 0.243 e. The zero-order chi connectivity index (χ0) is 37.9. The number of carbonyl (C=O) groups is 4. The summed E-state index contributed by atoms with van der Waals surface area (Å²) in [6, 6.07) is 11.5. The number of guanidine groups is 2. The van der Waals surface area contributed by atoms with E-state index in [1.54, 1.807) is 45.0 Å². The molecule has 0 fully saturated rings. The van der Waals surface area contributed by atoms with Crippen LogP contribution in [-0.4, -0.2) is 72.5 Å². The molecule has 0 spiro atoms. The maximum Gasteiger partial charge on any atom is 0.243 e. The van der Waals surface area contributed by atoms with Gasteiger partial charge in [0.2, 0.25) is 23.6 Å². The van der Waals surface area contributed by atoms with Gasteiger partial charge in [0.25, 0.3) is 0 Å². The topological polar surface area (TPSA) is 295 Å². The third kappa shape index (κ3) is 15.7. The monoisotopic (exact) mass is 706 g/mol. The Morgan fingerprint density at radius 2 is 1.22 bits per heavy atom. The Morgan fingerprint density at radius 1 is 0.706 bits per heavy atom. The molecule has 1 unspecified atom stereocenters. The molecular formula is C35H54N12O4. The van der Waals surface area contributed by atoms with Gasteiger partial charge in [-0.2, -0.15) is 0 Å². The van der Waals surface area contributed by atoms with E-state index in [1.807, 2.05) is 24.3 Å². The van der Waals surface area contributed by atoms with E-state index >= 15 is 0 Å². The molecule has 0 radical (unpaired) electrons. The third-order valence-electron chi connectivity index (χ3n) is 7.90. The van der Waals surface area contributed by atoms with Crippen LogP contribution in [-0.2, 0) is 38.7 Å². The summed E-state index contributed by atoms with van der Waals surface area (Å²) in [6.07, 6.45) is 1.21. The Balaban J connectivity index is 2.18. The number of rotatable bonds is 21. The van der Waals surface area contributed by atoms with Gasteiger partial charge in [0, 0.05) is 31.9 Å². The van der Waals surface area contributed by atoms with Gasteiger partial charge in [0.15, 0.2) is 11.9 Å². The van der Waals surface area contributed by atoms with Crippen molar-refractivity contribution in [2.45, 2.75) is 84.1 Å². The minimum atomic E-state index is -1.04. The summed E-state index contributed by atoms with van der Waals surface area (Å²) in [5, 5.41) is 19.0. The lowest BCUT2D eigenvalue weighted by Gasteiger charge is -2.27. The first-order valence-corrected chi connectivity index (χ1v) is 16.9. The summed E-state index contributed by atoms with van der Waals surface area (Å²) in [7, 11) is 0. The molecule has 0 aliphatic heterocycles. The van der Waals surface area contributed by atoms with E-state index in [2.05, 4.69) is 31.3 Å². The zero-order valence-corrected chi connectivity index (χ0v) is 29.7. The van der Waals surface area contributed by atoms with E-state index in [9.17, 15) is 19.2 Å². The predicted molar refractivity (Wildman–Crippen MR) is 199 cm³/mol. The summed E-state index contributed by atoms with van der Waals surface area (Å²) in [6.45, 7) is 6.26. The van der Waals surface area contributed by atoms with E-state index in [4.69, 9.17) is 34.1 Å². The van der Waals surface area contributed by atoms with Crippen molar-refractivity contribution in [3.63, 3.8) is 0 Å². The number of nitrogens with zero attached hydrogens (tertiary/aromatic N) is 2. The van der Waals surface area contributed by atoms with Gasteiger partial charge in [-0.3, -0.25) is 29.2 Å². The van der Waals surface area contributed by atoms with Gasteiger partial charge < -0.3 is 55.3 Å². The van der Waals surface area contributed by atoms with Crippen molar-refractivity contribution < 1.29 is 19.2 Å². The number of benzene rings is 2. The molecule has 0 heterocycles. The van der Waals surface area contributed by atoms with Crippen molar-refractivity contribution in [1.29, 1.82) is 5.41 Å². The number of nitrogens with one attached hydrogen (secondary N) is 5. The van der Waals surface area contributed by atoms with Gasteiger partial charge in [-0.25, -0.2) is 0 Å². The van der Waals surface area contributed by atoms with Crippen molar-refractivity contribution in [3.8, 4) is 0 Å². The quantitative estimate of drug-likeness (QED) is 0.0459. The van der Waals surface area contributed by atoms with Crippen LogP contribution >= 0.6 is 0 Å². The van der Waals surface area contributed by atoms with Crippen LogP contribution < -0.4 is 49.9 Å². The van der Waals surface area contributed by atoms with Crippen molar-refractivity contribution in [1.82, 2.24) is 21.3 Å². The minimum absolute atomic E-state index is 0.0275. The van der Waals surface area contributed by atoms with Crippen molar-refractivity contribution in [2.75, 3.05) is 13.1 Å². The molecule has 0 bridgehead atoms. The lowest BCUT2D eigenvalue weighted by Crippen LogP contribution is -2.58. The lowest BCUT2D eigenvalue weighted by molar-refractivity contribution is -0.134. The Hall–Kier alpha value is -5.51. The molecule has 4 amide bonds. The van der Waals surface area contributed by atoms with E-state index in [0.717, 1.165) is 22.3 Å². The highest BCUT2D eigenvalue weighted by atomic mass is 16.2. The lowest BCUT2D eigenvalue weighted by atomic mass is 10.0. The highest BCUT2D eigenvalue weighted by Crippen LogP contribution is 2.10. The Labute approximate surface area is 299 Å². The third-order valence-corrected chi connectivity index (χ3v) is 7.90. The Morgan fingerprint density at radius 3 is 1.71 bits per heavy atom. The average molecular weight is 707 g/mol. The van der Waals surface area contributed by atoms with Crippen LogP contribution in [0.2, 0.25) is 0 Å². The molecule has 15 N–H and O–H groups in total. The molecule has 16 nitrogen and oxygen atoms in total. The van der Waals surface area contributed by atoms with E-state index in [1.165, 1.54) is 0 Å². The summed E-state index contributed by atoms with van der Waals surface area (Å²) < 4.78 is 0. The molecule has 2 aromatic carbocycles. The van der Waals surface area contributed by atoms with Gasteiger partial charge in [-0.15, -0.1) is 0 Å². The van der Waals surface area contributed by atoms with Crippen LogP contribution in [0.5, 0.6) is 0 Å². The molecule has 0 saturated carbocycles. The first kappa shape index (κ1) is 41.7. The largest absolute Gasteiger partial charge is 0.370 e. The number of carbonyl (C=O) groups excluding carboxylic acids is 4. The van der Waals surface area contributed by atoms with E-state index in [0.29, 0.717) is 25.1 Å². The number of aliphatic imine (C=N–C) groups is 2. The molecule has 3 atom stereocenters. The van der Waals surface area contributed by atoms with Gasteiger partial charge in [-0.05, 0) is 60.8 Å². The summed E-state index contributed by atoms with van der Waals surface area (Å²) in [5.41, 5.74) is 31.1. The molecule has 278 valence electrons. The van der Waals surface area contributed by atoms with Crippen molar-refractivity contribution in [2.24, 2.45) is 44.6 Å². The van der Waals surface area contributed by atoms with Crippen molar-refractivity contribution >= 4 is 41.3 Å². The number of nitrogens with two attached hydrogens (primary N) is 5. The molecule has 16 heteroatoms. The predicted octanol–water partition coefficient (Wildman–Crippen LogP) is -0.390. The molecule has 0 aliphatic carbocycles. The molecule has 0 aliphatic rings. The molecule has 51 heavy (non-hydrogen) atoms.